The van der Waals surface area contributed by atoms with Gasteiger partial charge in [0, 0.05) is 44.5 Å². The number of unbranched alkanes of at least 4 members (excludes halogenated alkanes) is 2. The Kier molecular flexibility index (Phi) is 14.0. The van der Waals surface area contributed by atoms with Crippen LogP contribution in [0, 0.1) is 0 Å². The Morgan fingerprint density at radius 1 is 0.957 bits per heavy atom. The predicted octanol–water partition coefficient (Wildman–Crippen LogP) is -0.146. The van der Waals surface area contributed by atoms with Crippen molar-refractivity contribution in [2.45, 2.75) is 76.2 Å². The largest absolute Gasteiger partial charge is 0.479 e. The summed E-state index contributed by atoms with van der Waals surface area (Å²) in [5.41, 5.74) is 0.606. The van der Waals surface area contributed by atoms with Crippen molar-refractivity contribution in [3.05, 3.63) is 42.0 Å². The van der Waals surface area contributed by atoms with Crippen LogP contribution in [0.5, 0.6) is 5.75 Å². The molecule has 0 aliphatic carbocycles. The molecule has 0 radical (unpaired) electrons. The van der Waals surface area contributed by atoms with Gasteiger partial charge < -0.3 is 45.3 Å². The number of rotatable bonds is 17. The molecule has 2 aliphatic heterocycles. The number of aliphatic hydroxyl groups is 3. The number of carbonyl (C=O) groups excluding carboxylic acids is 5. The first kappa shape index (κ1) is 36.8. The van der Waals surface area contributed by atoms with Crippen molar-refractivity contribution in [2.75, 3.05) is 25.0 Å². The number of esters is 1. The van der Waals surface area contributed by atoms with Crippen LogP contribution in [0.15, 0.2) is 36.4 Å². The average molecular weight is 662 g/mol. The fourth-order valence-electron chi connectivity index (χ4n) is 4.55. The molecule has 256 valence electrons. The van der Waals surface area contributed by atoms with E-state index in [2.05, 4.69) is 10.6 Å². The van der Waals surface area contributed by atoms with Gasteiger partial charge in [-0.3, -0.25) is 28.9 Å². The maximum Gasteiger partial charge on any atom is 0.335 e. The molecule has 1 saturated heterocycles. The number of anilines is 1. The lowest BCUT2D eigenvalue weighted by atomic mass is 9.99. The summed E-state index contributed by atoms with van der Waals surface area (Å²) in [5.74, 6) is -3.58. The number of imide groups is 1. The summed E-state index contributed by atoms with van der Waals surface area (Å²) < 4.78 is 15.8. The molecule has 0 aromatic heterocycles. The highest BCUT2D eigenvalue weighted by Gasteiger charge is 2.48. The average Bonchev–Trinajstić information content (AvgIpc) is 3.36. The van der Waals surface area contributed by atoms with Crippen LogP contribution in [0.2, 0.25) is 0 Å². The Hall–Kier alpha value is -4.64. The lowest BCUT2D eigenvalue weighted by molar-refractivity contribution is -0.271. The zero-order chi connectivity index (χ0) is 34.5. The van der Waals surface area contributed by atoms with Gasteiger partial charge in [-0.2, -0.15) is 0 Å². The van der Waals surface area contributed by atoms with E-state index >= 15 is 0 Å². The zero-order valence-corrected chi connectivity index (χ0v) is 25.7. The molecule has 6 N–H and O–H groups in total. The maximum absolute atomic E-state index is 12.8. The minimum atomic E-state index is -1.92. The van der Waals surface area contributed by atoms with Crippen LogP contribution >= 0.6 is 0 Å². The number of ether oxygens (including phenoxy) is 3. The number of carbonyl (C=O) groups is 6. The summed E-state index contributed by atoms with van der Waals surface area (Å²) >= 11 is 0. The van der Waals surface area contributed by atoms with Gasteiger partial charge in [0.1, 0.15) is 30.7 Å². The molecule has 5 atom stereocenters. The van der Waals surface area contributed by atoms with Crippen LogP contribution in [-0.2, 0) is 38.2 Å². The lowest BCUT2D eigenvalue weighted by Gasteiger charge is -2.38. The number of carboxylic acids is 1. The van der Waals surface area contributed by atoms with Crippen molar-refractivity contribution in [3.63, 3.8) is 0 Å². The number of hydrogen-bond donors (Lipinski definition) is 6. The molecule has 1 aromatic rings. The summed E-state index contributed by atoms with van der Waals surface area (Å²) in [6, 6.07) is 4.43. The van der Waals surface area contributed by atoms with E-state index in [0.29, 0.717) is 24.8 Å². The first-order valence-electron chi connectivity index (χ1n) is 15.1. The molecule has 4 amide bonds. The molecule has 3 rings (SSSR count). The fourth-order valence-corrected chi connectivity index (χ4v) is 4.55. The van der Waals surface area contributed by atoms with E-state index in [-0.39, 0.29) is 74.1 Å². The third-order valence-electron chi connectivity index (χ3n) is 7.13. The Balaban J connectivity index is 1.56. The van der Waals surface area contributed by atoms with E-state index in [9.17, 15) is 49.2 Å². The van der Waals surface area contributed by atoms with Crippen LogP contribution in [-0.4, -0.2) is 111 Å². The first-order valence-corrected chi connectivity index (χ1v) is 15.1. The van der Waals surface area contributed by atoms with Gasteiger partial charge in [0.2, 0.25) is 18.1 Å². The number of aliphatic hydroxyl groups excluding tert-OH is 3. The number of aliphatic carboxylic acids is 1. The quantitative estimate of drug-likeness (QED) is 0.0725. The number of nitrogens with one attached hydrogen (secondary N) is 2. The Bertz CT molecular complexity index is 1360. The van der Waals surface area contributed by atoms with E-state index in [0.717, 1.165) is 4.90 Å². The van der Waals surface area contributed by atoms with E-state index in [1.165, 1.54) is 24.3 Å². The molecule has 1 aromatic carbocycles. The Morgan fingerprint density at radius 3 is 2.36 bits per heavy atom. The van der Waals surface area contributed by atoms with E-state index in [1.54, 1.807) is 25.1 Å². The minimum absolute atomic E-state index is 0.000483. The molecule has 1 fully saturated rings. The molecule has 0 unspecified atom stereocenters. The standard InChI is InChI=1S/C31H39N3O13/c1-2-25(39)45-16-6-7-18-9-10-20(46-31-28(42)26(40)27(41)29(47-31)30(43)44)19(17-18)33-22(36)13-14-32-21(35)8-4-3-5-15-34-23(37)11-12-24(34)38/h6-7,9-12,17,26-29,31,40-42H,2-5,8,13-16H2,1H3,(H,32,35)(H,33,36)(H,43,44)/b7-6+/t26-,27-,28+,29-,31+/m0/s1. The second kappa shape index (κ2) is 17.9. The highest BCUT2D eigenvalue weighted by atomic mass is 16.7. The lowest BCUT2D eigenvalue weighted by Crippen LogP contribution is -2.61. The van der Waals surface area contributed by atoms with E-state index in [1.807, 2.05) is 0 Å². The van der Waals surface area contributed by atoms with Gasteiger partial charge in [-0.05, 0) is 36.6 Å². The molecule has 2 aliphatic rings. The minimum Gasteiger partial charge on any atom is -0.479 e. The molecule has 2 heterocycles. The number of benzene rings is 1. The second-order valence-electron chi connectivity index (χ2n) is 10.7. The number of nitrogens with zero attached hydrogens (tertiary/aromatic N) is 1. The Morgan fingerprint density at radius 2 is 1.68 bits per heavy atom. The molecule has 0 spiro atoms. The molecular formula is C31H39N3O13. The normalized spacial score (nSPS) is 22.4. The van der Waals surface area contributed by atoms with Crippen LogP contribution < -0.4 is 15.4 Å². The van der Waals surface area contributed by atoms with Crippen molar-refractivity contribution < 1.29 is 63.4 Å². The van der Waals surface area contributed by atoms with Crippen molar-refractivity contribution in [1.29, 1.82) is 0 Å². The maximum atomic E-state index is 12.8. The second-order valence-corrected chi connectivity index (χ2v) is 10.7. The van der Waals surface area contributed by atoms with Gasteiger partial charge in [0.25, 0.3) is 11.8 Å². The smallest absolute Gasteiger partial charge is 0.335 e. The number of hydrogen-bond acceptors (Lipinski definition) is 12. The molecule has 0 bridgehead atoms. The van der Waals surface area contributed by atoms with Crippen molar-refractivity contribution in [1.82, 2.24) is 10.2 Å². The topological polar surface area (TPSA) is 238 Å². The molecule has 16 nitrogen and oxygen atoms in total. The van der Waals surface area contributed by atoms with E-state index in [4.69, 9.17) is 14.2 Å². The van der Waals surface area contributed by atoms with Gasteiger partial charge in [-0.1, -0.05) is 25.5 Å². The van der Waals surface area contributed by atoms with Crippen molar-refractivity contribution in [2.24, 2.45) is 0 Å². The summed E-state index contributed by atoms with van der Waals surface area (Å²) in [4.78, 5) is 72.1. The Labute approximate surface area is 270 Å². The number of carboxylic acid groups (broad SMARTS) is 1. The predicted molar refractivity (Wildman–Crippen MR) is 162 cm³/mol. The molecular weight excluding hydrogens is 622 g/mol. The van der Waals surface area contributed by atoms with Crippen molar-refractivity contribution in [3.8, 4) is 5.75 Å². The third-order valence-corrected chi connectivity index (χ3v) is 7.13. The van der Waals surface area contributed by atoms with Crippen LogP contribution in [0.3, 0.4) is 0 Å². The van der Waals surface area contributed by atoms with Gasteiger partial charge in [-0.15, -0.1) is 0 Å². The summed E-state index contributed by atoms with van der Waals surface area (Å²) in [6.07, 6.45) is -1.75. The molecule has 47 heavy (non-hydrogen) atoms. The van der Waals surface area contributed by atoms with Gasteiger partial charge in [-0.25, -0.2) is 4.79 Å². The summed E-state index contributed by atoms with van der Waals surface area (Å²) in [7, 11) is 0. The van der Waals surface area contributed by atoms with Crippen LogP contribution in [0.1, 0.15) is 51.0 Å². The monoisotopic (exact) mass is 661 g/mol. The van der Waals surface area contributed by atoms with E-state index < -0.39 is 42.6 Å². The summed E-state index contributed by atoms with van der Waals surface area (Å²) in [6.45, 7) is 1.93. The zero-order valence-electron chi connectivity index (χ0n) is 25.7. The highest BCUT2D eigenvalue weighted by Crippen LogP contribution is 2.31. The number of amides is 4. The third kappa shape index (κ3) is 11.0. The molecule has 0 saturated carbocycles. The van der Waals surface area contributed by atoms with Gasteiger partial charge >= 0.3 is 11.9 Å². The van der Waals surface area contributed by atoms with Crippen LogP contribution in [0.25, 0.3) is 6.08 Å². The highest BCUT2D eigenvalue weighted by molar-refractivity contribution is 6.12. The fraction of sp³-hybridized carbons (Fsp3) is 0.484. The first-order chi connectivity index (χ1) is 22.4. The molecule has 16 heteroatoms. The summed E-state index contributed by atoms with van der Waals surface area (Å²) in [5, 5.41) is 45.1. The van der Waals surface area contributed by atoms with Gasteiger partial charge in [0.15, 0.2) is 6.10 Å². The van der Waals surface area contributed by atoms with Crippen LogP contribution in [0.4, 0.5) is 5.69 Å². The SMILES string of the molecule is CCC(=O)OC/C=C/c1ccc(O[C@@H]2O[C@H](C(=O)O)[C@@H](O)[C@H](O)[C@H]2O)c(NC(=O)CCNC(=O)CCCCCN2C(=O)C=CC2=O)c1. The van der Waals surface area contributed by atoms with Gasteiger partial charge in [0.05, 0.1) is 5.69 Å². The van der Waals surface area contributed by atoms with Crippen molar-refractivity contribution >= 4 is 47.3 Å².